The zero-order valence-electron chi connectivity index (χ0n) is 14.8. The first-order valence-electron chi connectivity index (χ1n) is 8.93. The minimum atomic E-state index is 0. The van der Waals surface area contributed by atoms with Gasteiger partial charge >= 0.3 is 0 Å². The first-order valence-corrected chi connectivity index (χ1v) is 9.31. The second-order valence-corrected chi connectivity index (χ2v) is 7.12. The zero-order valence-corrected chi connectivity index (χ0v) is 17.9. The Morgan fingerprint density at radius 3 is 2.85 bits per heavy atom. The van der Waals surface area contributed by atoms with Gasteiger partial charge in [0.05, 0.1) is 23.3 Å². The van der Waals surface area contributed by atoms with Gasteiger partial charge in [0.2, 0.25) is 0 Å². The number of rotatable bonds is 4. The standard InChI is InChI=1S/C18H24ClN3O3.HI/c1-20-18(22-14-10-12-2-3-15(14)25-12)21-5-4-11-8-13(19)17-16(9-11)23-6-7-24-17;/h8-9,12,14-15H,2-7,10H2,1H3,(H2,20,21,22);1H. The molecule has 0 radical (unpaired) electrons. The first-order chi connectivity index (χ1) is 12.2. The highest BCUT2D eigenvalue weighted by Gasteiger charge is 2.41. The number of halogens is 2. The number of guanidine groups is 1. The molecule has 3 unspecified atom stereocenters. The van der Waals surface area contributed by atoms with Gasteiger partial charge in [0.15, 0.2) is 17.5 Å². The third-order valence-electron chi connectivity index (χ3n) is 5.01. The molecule has 8 heteroatoms. The van der Waals surface area contributed by atoms with E-state index in [2.05, 4.69) is 15.6 Å². The van der Waals surface area contributed by atoms with Gasteiger partial charge in [-0.25, -0.2) is 0 Å². The fraction of sp³-hybridized carbons (Fsp3) is 0.611. The van der Waals surface area contributed by atoms with Crippen molar-refractivity contribution < 1.29 is 14.2 Å². The summed E-state index contributed by atoms with van der Waals surface area (Å²) >= 11 is 6.29. The van der Waals surface area contributed by atoms with E-state index < -0.39 is 0 Å². The summed E-state index contributed by atoms with van der Waals surface area (Å²) in [5.41, 5.74) is 1.11. The van der Waals surface area contributed by atoms with Gasteiger partial charge in [-0.1, -0.05) is 11.6 Å². The molecule has 2 bridgehead atoms. The SMILES string of the molecule is CN=C(NCCc1cc(Cl)c2c(c1)OCCO2)NC1CC2CCC1O2.I. The molecule has 1 aromatic rings. The maximum absolute atomic E-state index is 6.29. The summed E-state index contributed by atoms with van der Waals surface area (Å²) in [4.78, 5) is 4.32. The summed E-state index contributed by atoms with van der Waals surface area (Å²) in [6.07, 6.45) is 5.00. The van der Waals surface area contributed by atoms with E-state index in [1.807, 2.05) is 12.1 Å². The van der Waals surface area contributed by atoms with Crippen molar-refractivity contribution in [1.29, 1.82) is 0 Å². The average molecular weight is 494 g/mol. The van der Waals surface area contributed by atoms with Gasteiger partial charge in [0.25, 0.3) is 0 Å². The Balaban J connectivity index is 0.00000196. The van der Waals surface area contributed by atoms with Crippen LogP contribution in [0.1, 0.15) is 24.8 Å². The predicted octanol–water partition coefficient (Wildman–Crippen LogP) is 2.76. The van der Waals surface area contributed by atoms with Crippen molar-refractivity contribution in [2.75, 3.05) is 26.8 Å². The van der Waals surface area contributed by atoms with Crippen LogP contribution in [-0.2, 0) is 11.2 Å². The number of ether oxygens (including phenoxy) is 3. The summed E-state index contributed by atoms with van der Waals surface area (Å²) in [6, 6.07) is 4.31. The lowest BCUT2D eigenvalue weighted by Gasteiger charge is -2.23. The summed E-state index contributed by atoms with van der Waals surface area (Å²) < 4.78 is 17.1. The van der Waals surface area contributed by atoms with E-state index >= 15 is 0 Å². The Labute approximate surface area is 176 Å². The number of benzene rings is 1. The molecule has 0 aliphatic carbocycles. The molecule has 0 spiro atoms. The summed E-state index contributed by atoms with van der Waals surface area (Å²) in [7, 11) is 1.80. The van der Waals surface area contributed by atoms with Crippen LogP contribution in [0.15, 0.2) is 17.1 Å². The van der Waals surface area contributed by atoms with Crippen molar-refractivity contribution in [1.82, 2.24) is 10.6 Å². The second kappa shape index (κ2) is 8.84. The molecular formula is C18H25ClIN3O3. The van der Waals surface area contributed by atoms with E-state index in [9.17, 15) is 0 Å². The third-order valence-corrected chi connectivity index (χ3v) is 5.30. The van der Waals surface area contributed by atoms with Gasteiger partial charge in [0.1, 0.15) is 13.2 Å². The zero-order chi connectivity index (χ0) is 17.2. The van der Waals surface area contributed by atoms with E-state index in [1.54, 1.807) is 7.05 Å². The molecule has 3 aliphatic heterocycles. The number of fused-ring (bicyclic) bond motifs is 3. The number of hydrogen-bond acceptors (Lipinski definition) is 4. The highest BCUT2D eigenvalue weighted by Crippen LogP contribution is 2.38. The molecular weight excluding hydrogens is 469 g/mol. The van der Waals surface area contributed by atoms with E-state index in [0.717, 1.165) is 43.1 Å². The maximum atomic E-state index is 6.29. The molecule has 26 heavy (non-hydrogen) atoms. The molecule has 2 N–H and O–H groups in total. The van der Waals surface area contributed by atoms with Gasteiger partial charge in [-0.05, 0) is 43.4 Å². The van der Waals surface area contributed by atoms with Crippen LogP contribution in [0.2, 0.25) is 5.02 Å². The van der Waals surface area contributed by atoms with Gasteiger partial charge in [0, 0.05) is 13.6 Å². The lowest BCUT2D eigenvalue weighted by molar-refractivity contribution is 0.0992. The van der Waals surface area contributed by atoms with Crippen molar-refractivity contribution in [2.24, 2.45) is 4.99 Å². The summed E-state index contributed by atoms with van der Waals surface area (Å²) in [5, 5.41) is 7.47. The van der Waals surface area contributed by atoms with Crippen molar-refractivity contribution in [3.05, 3.63) is 22.7 Å². The van der Waals surface area contributed by atoms with E-state index in [1.165, 1.54) is 6.42 Å². The third kappa shape index (κ3) is 4.31. The fourth-order valence-corrected chi connectivity index (χ4v) is 4.08. The molecule has 3 aliphatic rings. The van der Waals surface area contributed by atoms with E-state index in [4.69, 9.17) is 25.8 Å². The highest BCUT2D eigenvalue weighted by molar-refractivity contribution is 14.0. The molecule has 1 aromatic carbocycles. The lowest BCUT2D eigenvalue weighted by atomic mass is 9.96. The molecule has 3 atom stereocenters. The molecule has 144 valence electrons. The average Bonchev–Trinajstić information content (AvgIpc) is 3.24. The number of hydrogen-bond donors (Lipinski definition) is 2. The minimum absolute atomic E-state index is 0. The maximum Gasteiger partial charge on any atom is 0.191 e. The van der Waals surface area contributed by atoms with Crippen LogP contribution in [0.4, 0.5) is 0 Å². The van der Waals surface area contributed by atoms with Crippen LogP contribution in [0, 0.1) is 0 Å². The Morgan fingerprint density at radius 1 is 1.27 bits per heavy atom. The first kappa shape index (κ1) is 19.8. The van der Waals surface area contributed by atoms with Crippen molar-refractivity contribution in [2.45, 2.75) is 43.9 Å². The largest absolute Gasteiger partial charge is 0.486 e. The van der Waals surface area contributed by atoms with Crippen LogP contribution in [0.3, 0.4) is 0 Å². The molecule has 6 nitrogen and oxygen atoms in total. The van der Waals surface area contributed by atoms with Crippen molar-refractivity contribution in [3.8, 4) is 11.5 Å². The Morgan fingerprint density at radius 2 is 2.12 bits per heavy atom. The van der Waals surface area contributed by atoms with Gasteiger partial charge in [-0.3, -0.25) is 4.99 Å². The fourth-order valence-electron chi connectivity index (χ4n) is 3.79. The molecule has 0 amide bonds. The van der Waals surface area contributed by atoms with Gasteiger partial charge in [-0.2, -0.15) is 0 Å². The molecule has 0 saturated carbocycles. The molecule has 0 aromatic heterocycles. The van der Waals surface area contributed by atoms with E-state index in [-0.39, 0.29) is 24.0 Å². The van der Waals surface area contributed by atoms with E-state index in [0.29, 0.717) is 42.2 Å². The smallest absolute Gasteiger partial charge is 0.191 e. The van der Waals surface area contributed by atoms with Crippen LogP contribution >= 0.6 is 35.6 Å². The minimum Gasteiger partial charge on any atom is -0.486 e. The Kier molecular flexibility index (Phi) is 6.74. The molecule has 2 fully saturated rings. The van der Waals surface area contributed by atoms with Crippen LogP contribution in [0.5, 0.6) is 11.5 Å². The lowest BCUT2D eigenvalue weighted by Crippen LogP contribution is -2.47. The number of nitrogens with one attached hydrogen (secondary N) is 2. The Hall–Kier alpha value is -0.930. The highest BCUT2D eigenvalue weighted by atomic mass is 127. The van der Waals surface area contributed by atoms with Crippen LogP contribution < -0.4 is 20.1 Å². The molecule has 4 rings (SSSR count). The summed E-state index contributed by atoms with van der Waals surface area (Å²) in [6.45, 7) is 1.87. The second-order valence-electron chi connectivity index (χ2n) is 6.71. The van der Waals surface area contributed by atoms with Crippen molar-refractivity contribution >= 4 is 41.5 Å². The number of aliphatic imine (C=N–C) groups is 1. The number of nitrogens with zero attached hydrogens (tertiary/aromatic N) is 1. The van der Waals surface area contributed by atoms with Gasteiger partial charge < -0.3 is 24.8 Å². The van der Waals surface area contributed by atoms with Crippen LogP contribution in [-0.4, -0.2) is 51.0 Å². The molecule has 3 heterocycles. The van der Waals surface area contributed by atoms with Gasteiger partial charge in [-0.15, -0.1) is 24.0 Å². The van der Waals surface area contributed by atoms with Crippen molar-refractivity contribution in [3.63, 3.8) is 0 Å². The summed E-state index contributed by atoms with van der Waals surface area (Å²) in [5.74, 6) is 2.21. The normalized spacial score (nSPS) is 26.4. The quantitative estimate of drug-likeness (QED) is 0.384. The van der Waals surface area contributed by atoms with Crippen LogP contribution in [0.25, 0.3) is 0 Å². The molecule has 2 saturated heterocycles. The predicted molar refractivity (Wildman–Crippen MR) is 112 cm³/mol. The Bertz CT molecular complexity index is 673. The monoisotopic (exact) mass is 493 g/mol. The topological polar surface area (TPSA) is 64.1 Å².